The number of nitrogens with zero attached hydrogens (tertiary/aromatic N) is 1. The fraction of sp³-hybridized carbons (Fsp3) is 0.588. The number of carbonyl (C=O) groups excluding carboxylic acids is 1. The molecule has 0 radical (unpaired) electrons. The predicted octanol–water partition coefficient (Wildman–Crippen LogP) is 2.67. The molecule has 134 valence electrons. The van der Waals surface area contributed by atoms with Gasteiger partial charge in [0.15, 0.2) is 0 Å². The molecule has 2 rings (SSSR count). The van der Waals surface area contributed by atoms with E-state index in [9.17, 15) is 17.6 Å². The largest absolute Gasteiger partial charge is 0.353 e. The van der Waals surface area contributed by atoms with Gasteiger partial charge in [-0.05, 0) is 51.0 Å². The van der Waals surface area contributed by atoms with Gasteiger partial charge in [-0.2, -0.15) is 4.31 Å². The standard InChI is InChI=1S/C17H25FN2O3S/c1-13(2)19-17(21)12-20(15-6-4-3-5-7-15)24(22,23)16-10-8-14(18)9-11-16/h8-11,13,15H,3-7,12H2,1-2H3,(H,19,21). The molecule has 0 aliphatic heterocycles. The summed E-state index contributed by atoms with van der Waals surface area (Å²) in [5, 5.41) is 2.74. The first kappa shape index (κ1) is 18.9. The zero-order chi connectivity index (χ0) is 17.7. The molecule has 1 N–H and O–H groups in total. The molecule has 1 aliphatic rings. The number of hydrogen-bond donors (Lipinski definition) is 1. The van der Waals surface area contributed by atoms with Crippen LogP contribution in [0.25, 0.3) is 0 Å². The van der Waals surface area contributed by atoms with E-state index in [0.29, 0.717) is 0 Å². The summed E-state index contributed by atoms with van der Waals surface area (Å²) in [5.74, 6) is -0.808. The number of sulfonamides is 1. The lowest BCUT2D eigenvalue weighted by molar-refractivity contribution is -0.122. The number of carbonyl (C=O) groups is 1. The lowest BCUT2D eigenvalue weighted by atomic mass is 9.95. The van der Waals surface area contributed by atoms with Gasteiger partial charge in [-0.25, -0.2) is 12.8 Å². The SMILES string of the molecule is CC(C)NC(=O)CN(C1CCCCC1)S(=O)(=O)c1ccc(F)cc1. The van der Waals surface area contributed by atoms with Crippen molar-refractivity contribution in [2.45, 2.75) is 62.9 Å². The Hall–Kier alpha value is -1.47. The van der Waals surface area contributed by atoms with E-state index in [1.807, 2.05) is 13.8 Å². The van der Waals surface area contributed by atoms with Crippen molar-refractivity contribution in [3.8, 4) is 0 Å². The molecule has 0 spiro atoms. The summed E-state index contributed by atoms with van der Waals surface area (Å²) in [7, 11) is -3.84. The smallest absolute Gasteiger partial charge is 0.243 e. The first-order valence-electron chi connectivity index (χ1n) is 8.37. The van der Waals surface area contributed by atoms with Crippen molar-refractivity contribution >= 4 is 15.9 Å². The zero-order valence-electron chi connectivity index (χ0n) is 14.2. The van der Waals surface area contributed by atoms with Crippen molar-refractivity contribution in [3.63, 3.8) is 0 Å². The van der Waals surface area contributed by atoms with E-state index in [0.717, 1.165) is 44.2 Å². The molecule has 1 saturated carbocycles. The van der Waals surface area contributed by atoms with E-state index < -0.39 is 15.8 Å². The summed E-state index contributed by atoms with van der Waals surface area (Å²) in [4.78, 5) is 12.2. The highest BCUT2D eigenvalue weighted by molar-refractivity contribution is 7.89. The maximum absolute atomic E-state index is 13.1. The highest BCUT2D eigenvalue weighted by Crippen LogP contribution is 2.27. The Bertz CT molecular complexity index is 653. The van der Waals surface area contributed by atoms with Crippen LogP contribution in [0.2, 0.25) is 0 Å². The maximum Gasteiger partial charge on any atom is 0.243 e. The molecule has 1 aromatic carbocycles. The summed E-state index contributed by atoms with van der Waals surface area (Å²) in [6.07, 6.45) is 4.47. The highest BCUT2D eigenvalue weighted by Gasteiger charge is 2.34. The van der Waals surface area contributed by atoms with Gasteiger partial charge in [0.05, 0.1) is 11.4 Å². The Morgan fingerprint density at radius 3 is 2.33 bits per heavy atom. The Balaban J connectivity index is 2.29. The normalized spacial score (nSPS) is 16.5. The van der Waals surface area contributed by atoms with Crippen LogP contribution in [0, 0.1) is 5.82 Å². The van der Waals surface area contributed by atoms with Gasteiger partial charge in [-0.3, -0.25) is 4.79 Å². The molecule has 0 heterocycles. The minimum Gasteiger partial charge on any atom is -0.353 e. The highest BCUT2D eigenvalue weighted by atomic mass is 32.2. The van der Waals surface area contributed by atoms with Crippen molar-refractivity contribution in [1.82, 2.24) is 9.62 Å². The maximum atomic E-state index is 13.1. The van der Waals surface area contributed by atoms with Crippen LogP contribution in [0.5, 0.6) is 0 Å². The van der Waals surface area contributed by atoms with Crippen LogP contribution >= 0.6 is 0 Å². The molecule has 0 bridgehead atoms. The number of amides is 1. The number of rotatable bonds is 6. The molecule has 0 saturated heterocycles. The second-order valence-electron chi connectivity index (χ2n) is 6.52. The summed E-state index contributed by atoms with van der Waals surface area (Å²) in [5.41, 5.74) is 0. The minimum atomic E-state index is -3.84. The Labute approximate surface area is 143 Å². The third-order valence-corrected chi connectivity index (χ3v) is 6.06. The molecule has 0 aromatic heterocycles. The molecular weight excluding hydrogens is 331 g/mol. The first-order chi connectivity index (χ1) is 11.3. The average Bonchev–Trinajstić information content (AvgIpc) is 2.53. The van der Waals surface area contributed by atoms with E-state index in [4.69, 9.17) is 0 Å². The predicted molar refractivity (Wildman–Crippen MR) is 90.4 cm³/mol. The molecule has 1 aromatic rings. The van der Waals surface area contributed by atoms with Crippen LogP contribution in [-0.4, -0.2) is 37.3 Å². The van der Waals surface area contributed by atoms with Gasteiger partial charge in [0, 0.05) is 12.1 Å². The fourth-order valence-corrected chi connectivity index (χ4v) is 4.67. The summed E-state index contributed by atoms with van der Waals surface area (Å²) < 4.78 is 40.4. The zero-order valence-corrected chi connectivity index (χ0v) is 15.0. The van der Waals surface area contributed by atoms with Crippen LogP contribution in [0.3, 0.4) is 0 Å². The number of benzene rings is 1. The average molecular weight is 356 g/mol. The third-order valence-electron chi connectivity index (χ3n) is 4.15. The first-order valence-corrected chi connectivity index (χ1v) is 9.81. The van der Waals surface area contributed by atoms with Gasteiger partial charge in [-0.1, -0.05) is 19.3 Å². The van der Waals surface area contributed by atoms with E-state index in [-0.39, 0.29) is 29.4 Å². The van der Waals surface area contributed by atoms with Crippen LogP contribution in [0.1, 0.15) is 46.0 Å². The second kappa shape index (κ2) is 8.07. The third kappa shape index (κ3) is 4.77. The lowest BCUT2D eigenvalue weighted by Gasteiger charge is -2.33. The molecule has 24 heavy (non-hydrogen) atoms. The van der Waals surface area contributed by atoms with Crippen LogP contribution < -0.4 is 5.32 Å². The molecule has 5 nitrogen and oxygen atoms in total. The number of nitrogens with one attached hydrogen (secondary N) is 1. The minimum absolute atomic E-state index is 0.0202. The van der Waals surface area contributed by atoms with Gasteiger partial charge in [0.2, 0.25) is 15.9 Å². The number of hydrogen-bond acceptors (Lipinski definition) is 3. The molecule has 1 fully saturated rings. The second-order valence-corrected chi connectivity index (χ2v) is 8.41. The molecular formula is C17H25FN2O3S. The summed E-state index contributed by atoms with van der Waals surface area (Å²) in [6.45, 7) is 3.46. The fourth-order valence-electron chi connectivity index (χ4n) is 3.03. The van der Waals surface area contributed by atoms with Crippen molar-refractivity contribution < 1.29 is 17.6 Å². The van der Waals surface area contributed by atoms with Gasteiger partial charge in [0.25, 0.3) is 0 Å². The van der Waals surface area contributed by atoms with Gasteiger partial charge < -0.3 is 5.32 Å². The molecule has 0 atom stereocenters. The van der Waals surface area contributed by atoms with E-state index in [2.05, 4.69) is 5.32 Å². The van der Waals surface area contributed by atoms with Gasteiger partial charge in [-0.15, -0.1) is 0 Å². The van der Waals surface area contributed by atoms with Gasteiger partial charge >= 0.3 is 0 Å². The van der Waals surface area contributed by atoms with Crippen molar-refractivity contribution in [3.05, 3.63) is 30.1 Å². The van der Waals surface area contributed by atoms with Crippen molar-refractivity contribution in [2.75, 3.05) is 6.54 Å². The van der Waals surface area contributed by atoms with E-state index >= 15 is 0 Å². The molecule has 7 heteroatoms. The lowest BCUT2D eigenvalue weighted by Crippen LogP contribution is -2.48. The van der Waals surface area contributed by atoms with Crippen molar-refractivity contribution in [1.29, 1.82) is 0 Å². The van der Waals surface area contributed by atoms with Crippen LogP contribution in [0.4, 0.5) is 4.39 Å². The Morgan fingerprint density at radius 2 is 1.79 bits per heavy atom. The molecule has 1 aliphatic carbocycles. The number of halogens is 1. The van der Waals surface area contributed by atoms with Crippen LogP contribution in [-0.2, 0) is 14.8 Å². The van der Waals surface area contributed by atoms with E-state index in [1.165, 1.54) is 16.4 Å². The monoisotopic (exact) mass is 356 g/mol. The Morgan fingerprint density at radius 1 is 1.21 bits per heavy atom. The topological polar surface area (TPSA) is 66.5 Å². The van der Waals surface area contributed by atoms with Crippen molar-refractivity contribution in [2.24, 2.45) is 0 Å². The quantitative estimate of drug-likeness (QED) is 0.852. The van der Waals surface area contributed by atoms with Crippen LogP contribution in [0.15, 0.2) is 29.2 Å². The molecule has 1 amide bonds. The summed E-state index contributed by atoms with van der Waals surface area (Å²) in [6, 6.07) is 4.51. The summed E-state index contributed by atoms with van der Waals surface area (Å²) >= 11 is 0. The van der Waals surface area contributed by atoms with E-state index in [1.54, 1.807) is 0 Å². The molecule has 0 unspecified atom stereocenters. The van der Waals surface area contributed by atoms with Gasteiger partial charge in [0.1, 0.15) is 5.82 Å². The Kier molecular flexibility index (Phi) is 6.34.